The number of likely N-dealkylation sites (N-methyl/N-ethyl adjacent to an activating group) is 1. The Morgan fingerprint density at radius 2 is 1.84 bits per heavy atom. The molecule has 2 aromatic carbocycles. The van der Waals surface area contributed by atoms with Crippen molar-refractivity contribution in [1.29, 1.82) is 0 Å². The molecular formula is C23H26N6O3. The Bertz CT molecular complexity index is 1190. The van der Waals surface area contributed by atoms with E-state index in [1.807, 2.05) is 18.2 Å². The first kappa shape index (κ1) is 21.5. The molecule has 2 heterocycles. The lowest BCUT2D eigenvalue weighted by molar-refractivity contribution is -0.114. The van der Waals surface area contributed by atoms with E-state index in [9.17, 15) is 9.59 Å². The summed E-state index contributed by atoms with van der Waals surface area (Å²) in [5.41, 5.74) is 12.3. The Balaban J connectivity index is 1.76. The summed E-state index contributed by atoms with van der Waals surface area (Å²) in [6, 6.07) is 10.8. The molecule has 0 radical (unpaired) electrons. The number of hydroxylamine groups is 1. The Morgan fingerprint density at radius 3 is 2.47 bits per heavy atom. The van der Waals surface area contributed by atoms with Gasteiger partial charge in [0.15, 0.2) is 0 Å². The molecule has 1 fully saturated rings. The number of hydrogen-bond donors (Lipinski definition) is 4. The van der Waals surface area contributed by atoms with Crippen LogP contribution in [0.5, 0.6) is 0 Å². The fourth-order valence-corrected chi connectivity index (χ4v) is 3.78. The molecule has 3 aromatic rings. The summed E-state index contributed by atoms with van der Waals surface area (Å²) in [5, 5.41) is 8.78. The smallest absolute Gasteiger partial charge is 0.274 e. The number of anilines is 1. The molecule has 0 spiro atoms. The number of benzene rings is 2. The van der Waals surface area contributed by atoms with Crippen LogP contribution in [-0.4, -0.2) is 65.1 Å². The van der Waals surface area contributed by atoms with Gasteiger partial charge in [0.05, 0.1) is 11.0 Å². The maximum Gasteiger partial charge on any atom is 0.274 e. The molecule has 1 aromatic heterocycles. The molecule has 166 valence electrons. The summed E-state index contributed by atoms with van der Waals surface area (Å²) in [4.78, 5) is 35.9. The lowest BCUT2D eigenvalue weighted by Gasteiger charge is -2.35. The van der Waals surface area contributed by atoms with Crippen LogP contribution in [0.15, 0.2) is 42.0 Å². The number of hydrogen-bond acceptors (Lipinski definition) is 6. The van der Waals surface area contributed by atoms with Crippen LogP contribution in [0, 0.1) is 0 Å². The molecule has 0 bridgehead atoms. The molecule has 32 heavy (non-hydrogen) atoms. The normalized spacial score (nSPS) is 15.2. The lowest BCUT2D eigenvalue weighted by Crippen LogP contribution is -2.44. The Hall–Kier alpha value is -3.69. The minimum Gasteiger partial charge on any atom is -0.368 e. The second-order valence-corrected chi connectivity index (χ2v) is 8.01. The van der Waals surface area contributed by atoms with Crippen LogP contribution in [0.1, 0.15) is 22.8 Å². The van der Waals surface area contributed by atoms with E-state index in [2.05, 4.69) is 21.8 Å². The van der Waals surface area contributed by atoms with Gasteiger partial charge in [-0.1, -0.05) is 12.1 Å². The maximum absolute atomic E-state index is 11.7. The molecule has 4 rings (SSSR count). The monoisotopic (exact) mass is 434 g/mol. The fourth-order valence-electron chi connectivity index (χ4n) is 3.78. The highest BCUT2D eigenvalue weighted by Crippen LogP contribution is 2.31. The number of fused-ring (bicyclic) bond motifs is 1. The number of H-pyrrole nitrogens is 1. The van der Waals surface area contributed by atoms with Crippen LogP contribution in [0.4, 0.5) is 5.69 Å². The third kappa shape index (κ3) is 4.34. The number of piperazine rings is 1. The van der Waals surface area contributed by atoms with Crippen molar-refractivity contribution in [3.8, 4) is 11.4 Å². The predicted molar refractivity (Wildman–Crippen MR) is 123 cm³/mol. The Morgan fingerprint density at radius 1 is 1.16 bits per heavy atom. The van der Waals surface area contributed by atoms with Crippen LogP contribution < -0.4 is 16.1 Å². The van der Waals surface area contributed by atoms with Crippen molar-refractivity contribution in [2.45, 2.75) is 6.92 Å². The first-order chi connectivity index (χ1) is 15.4. The molecule has 1 aliphatic heterocycles. The number of rotatable bonds is 5. The van der Waals surface area contributed by atoms with Gasteiger partial charge in [0.1, 0.15) is 5.82 Å². The molecule has 1 saturated heterocycles. The molecule has 0 aliphatic carbocycles. The van der Waals surface area contributed by atoms with Gasteiger partial charge in [-0.3, -0.25) is 14.8 Å². The molecule has 2 amide bonds. The van der Waals surface area contributed by atoms with Crippen molar-refractivity contribution in [2.24, 2.45) is 5.73 Å². The van der Waals surface area contributed by atoms with Crippen molar-refractivity contribution in [3.05, 3.63) is 53.1 Å². The topological polar surface area (TPSA) is 128 Å². The summed E-state index contributed by atoms with van der Waals surface area (Å²) < 4.78 is 0. The highest BCUT2D eigenvalue weighted by molar-refractivity contribution is 5.98. The van der Waals surface area contributed by atoms with Gasteiger partial charge in [0, 0.05) is 54.1 Å². The summed E-state index contributed by atoms with van der Waals surface area (Å²) in [6.45, 7) is 5.38. The number of carbonyl (C=O) groups excluding carboxylic acids is 2. The zero-order valence-electron chi connectivity index (χ0n) is 18.1. The standard InChI is InChI=1S/C23H26N6O3/c1-14(21(24)30)11-17-12-18-19(13-20(17)29-9-7-28(2)8-10-29)26-22(25-18)15-3-5-16(6-4-15)23(31)27-32/h3-6,11-13,32H,7-10H2,1-2H3,(H2,24,30)(H,25,26)(H,27,31)/b14-11+. The molecular weight excluding hydrogens is 408 g/mol. The van der Waals surface area contributed by atoms with Crippen LogP contribution in [0.2, 0.25) is 0 Å². The van der Waals surface area contributed by atoms with Crippen molar-refractivity contribution >= 4 is 34.6 Å². The van der Waals surface area contributed by atoms with Gasteiger partial charge in [-0.05, 0) is 44.3 Å². The third-order valence-electron chi connectivity index (χ3n) is 5.76. The highest BCUT2D eigenvalue weighted by atomic mass is 16.5. The molecule has 9 heteroatoms. The molecule has 0 atom stereocenters. The van der Waals surface area contributed by atoms with E-state index in [0.29, 0.717) is 17.0 Å². The minimum atomic E-state index is -0.570. The first-order valence-corrected chi connectivity index (χ1v) is 10.4. The van der Waals surface area contributed by atoms with Gasteiger partial charge in [-0.15, -0.1) is 0 Å². The zero-order valence-corrected chi connectivity index (χ0v) is 18.1. The zero-order chi connectivity index (χ0) is 22.8. The van der Waals surface area contributed by atoms with Crippen LogP contribution in [0.3, 0.4) is 0 Å². The van der Waals surface area contributed by atoms with Crippen molar-refractivity contribution < 1.29 is 14.8 Å². The maximum atomic E-state index is 11.7. The van der Waals surface area contributed by atoms with E-state index in [-0.39, 0.29) is 0 Å². The second-order valence-electron chi connectivity index (χ2n) is 8.01. The Labute approximate surface area is 185 Å². The van der Waals surface area contributed by atoms with Gasteiger partial charge < -0.3 is 20.5 Å². The summed E-state index contributed by atoms with van der Waals surface area (Å²) in [7, 11) is 2.11. The number of imidazole rings is 1. The summed E-state index contributed by atoms with van der Waals surface area (Å²) >= 11 is 0. The van der Waals surface area contributed by atoms with Crippen LogP contribution in [-0.2, 0) is 4.79 Å². The van der Waals surface area contributed by atoms with Crippen LogP contribution in [0.25, 0.3) is 28.5 Å². The number of nitrogens with one attached hydrogen (secondary N) is 2. The lowest BCUT2D eigenvalue weighted by atomic mass is 10.1. The number of nitrogens with zero attached hydrogens (tertiary/aromatic N) is 3. The molecule has 0 unspecified atom stereocenters. The minimum absolute atomic E-state index is 0.346. The summed E-state index contributed by atoms with van der Waals surface area (Å²) in [6.07, 6.45) is 1.82. The highest BCUT2D eigenvalue weighted by Gasteiger charge is 2.19. The predicted octanol–water partition coefficient (Wildman–Crippen LogP) is 1.99. The number of amides is 2. The third-order valence-corrected chi connectivity index (χ3v) is 5.76. The van der Waals surface area contributed by atoms with Crippen molar-refractivity contribution in [2.75, 3.05) is 38.1 Å². The average Bonchev–Trinajstić information content (AvgIpc) is 3.21. The van der Waals surface area contributed by atoms with Gasteiger partial charge in [-0.25, -0.2) is 10.5 Å². The van der Waals surface area contributed by atoms with Crippen LogP contribution >= 0.6 is 0 Å². The molecule has 1 aliphatic rings. The van der Waals surface area contributed by atoms with E-state index < -0.39 is 11.8 Å². The number of nitrogens with two attached hydrogens (primary N) is 1. The van der Waals surface area contributed by atoms with Gasteiger partial charge in [0.25, 0.3) is 5.91 Å². The number of aromatic amines is 1. The average molecular weight is 435 g/mol. The molecule has 5 N–H and O–H groups in total. The largest absolute Gasteiger partial charge is 0.368 e. The van der Waals surface area contributed by atoms with Gasteiger partial charge in [0.2, 0.25) is 5.91 Å². The fraction of sp³-hybridized carbons (Fsp3) is 0.261. The SMILES string of the molecule is C/C(=C\c1cc2[nH]c(-c3ccc(C(=O)NO)cc3)nc2cc1N1CCN(C)CC1)C(N)=O. The number of aromatic nitrogens is 2. The van der Waals surface area contributed by atoms with Gasteiger partial charge >= 0.3 is 0 Å². The number of primary amides is 1. The van der Waals surface area contributed by atoms with E-state index in [4.69, 9.17) is 15.9 Å². The van der Waals surface area contributed by atoms with E-state index in [1.165, 1.54) is 0 Å². The Kier molecular flexibility index (Phi) is 5.93. The van der Waals surface area contributed by atoms with Gasteiger partial charge in [-0.2, -0.15) is 0 Å². The second kappa shape index (κ2) is 8.81. The van der Waals surface area contributed by atoms with Crippen molar-refractivity contribution in [3.63, 3.8) is 0 Å². The van der Waals surface area contributed by atoms with Crippen molar-refractivity contribution in [1.82, 2.24) is 20.3 Å². The van der Waals surface area contributed by atoms with E-state index >= 15 is 0 Å². The molecule has 0 saturated carbocycles. The summed E-state index contributed by atoms with van der Waals surface area (Å²) in [5.74, 6) is -0.362. The molecule has 9 nitrogen and oxygen atoms in total. The number of carbonyl (C=O) groups is 2. The quantitative estimate of drug-likeness (QED) is 0.276. The van der Waals surface area contributed by atoms with E-state index in [1.54, 1.807) is 36.7 Å². The first-order valence-electron chi connectivity index (χ1n) is 10.4. The van der Waals surface area contributed by atoms with E-state index in [0.717, 1.165) is 54.0 Å².